The number of nitrogens with one attached hydrogen (secondary N) is 6. The molecule has 0 aliphatic carbocycles. The summed E-state index contributed by atoms with van der Waals surface area (Å²) in [4.78, 5) is 76.6. The molecule has 9 heterocycles. The van der Waals surface area contributed by atoms with Crippen LogP contribution in [-0.4, -0.2) is 535 Å². The number of aliphatic hydroxyl groups excluding tert-OH is 26. The summed E-state index contributed by atoms with van der Waals surface area (Å²) < 4.78 is 109. The van der Waals surface area contributed by atoms with Crippen molar-refractivity contribution in [3.63, 3.8) is 0 Å². The summed E-state index contributed by atoms with van der Waals surface area (Å²) in [6, 6.07) is -11.2. The molecule has 0 radical (unpaired) electrons. The fourth-order valence-corrected chi connectivity index (χ4v) is 16.1. The molecule has 9 fully saturated rings. The van der Waals surface area contributed by atoms with Crippen LogP contribution < -0.4 is 31.9 Å². The van der Waals surface area contributed by atoms with Crippen LogP contribution in [0.25, 0.3) is 0 Å². The van der Waals surface area contributed by atoms with Gasteiger partial charge in [-0.3, -0.25) is 28.8 Å². The van der Waals surface area contributed by atoms with Gasteiger partial charge in [0.15, 0.2) is 56.6 Å². The number of carbonyl (C=O) groups excluding carboxylic acids is 6. The molecule has 0 aromatic carbocycles. The first-order chi connectivity index (χ1) is 60.4. The quantitative estimate of drug-likeness (QED) is 0.0275. The third-order valence-electron chi connectivity index (χ3n) is 22.9. The third-order valence-corrected chi connectivity index (χ3v) is 22.9. The highest BCUT2D eigenvalue weighted by Gasteiger charge is 2.61. The van der Waals surface area contributed by atoms with Crippen molar-refractivity contribution in [1.29, 1.82) is 0 Å². The topological polar surface area (TPSA) is 867 Å². The minimum Gasteiger partial charge on any atom is -0.394 e. The summed E-state index contributed by atoms with van der Waals surface area (Å²) in [6.07, 6.45) is -92.1. The Labute approximate surface area is 727 Å². The fourth-order valence-electron chi connectivity index (χ4n) is 16.1. The normalized spacial score (nSPS) is 45.2. The van der Waals surface area contributed by atoms with Gasteiger partial charge in [-0.25, -0.2) is 0 Å². The van der Waals surface area contributed by atoms with Crippen LogP contribution in [0, 0.1) is 0 Å². The van der Waals surface area contributed by atoms with E-state index in [1.165, 1.54) is 6.92 Å². The number of amides is 6. The van der Waals surface area contributed by atoms with Crippen molar-refractivity contribution in [2.75, 3.05) is 66.1 Å². The van der Waals surface area contributed by atoms with Crippen molar-refractivity contribution in [3.8, 4) is 0 Å². The Hall–Kier alpha value is -4.94. The van der Waals surface area contributed by atoms with E-state index in [9.17, 15) is 162 Å². The lowest BCUT2D eigenvalue weighted by atomic mass is 9.94. The number of ether oxygens (including phenoxy) is 18. The van der Waals surface area contributed by atoms with Crippen LogP contribution in [0.2, 0.25) is 0 Å². The minimum absolute atomic E-state index is 0.828. The molecule has 0 aromatic rings. The zero-order valence-corrected chi connectivity index (χ0v) is 69.8. The van der Waals surface area contributed by atoms with Gasteiger partial charge in [0.1, 0.15) is 232 Å². The lowest BCUT2D eigenvalue weighted by Crippen LogP contribution is -2.71. The van der Waals surface area contributed by atoms with Gasteiger partial charge in [-0.05, 0) is 6.92 Å². The number of aliphatic hydroxyl groups is 26. The Morgan fingerprint density at radius 3 is 1.05 bits per heavy atom. The standard InChI is InChI=1S/C72H122N6O50/c1-18-40(93)53(106)55(108)69(114-18)111-15-26(92)58(41(94)25(8-79)73-19(2)86)123-68-39(78-24(7)91)52(105)59(31(13-84)119-68)125-70-57(110)61(126-72-63(128-67-38(77-23(6)90)51(104)45(98)30(12-83)118-67)56(109)60(32(14-85)120-72)124-65-36(75-21(4)88)49(102)43(96)28(10-81)116-65)47(100)34(121-70)17-113-71-62(127-66-37(76-22(5)89)50(103)44(97)29(11-82)117-66)54(107)46(99)33(122-71)16-112-64-35(74-20(3)87)48(101)42(95)27(9-80)115-64/h18,25-72,79-85,92-110H,8-17H2,1-7H3,(H,73,86)(H,74,87)(H,75,88)(H,76,89)(H,77,90)(H,78,91)/t18-,25-,26+,27+,28+,29+,30+,31+,32+,33+,34+,35+,36+,37+,38-,39+,40+,41+,42+,43+,44+,45+,46+,47+,48+,49+,50+,51+,52+,53+,54-,55-,56-,57-,58+,59+,60+,61-,62-,63-,64+,65-,66-,67-,68-,69+,70-,71-,72+/m0/s1. The Bertz CT molecular complexity index is 3500. The highest BCUT2D eigenvalue weighted by molar-refractivity contribution is 5.75. The average molecular weight is 1870 g/mol. The molecule has 0 aromatic heterocycles. The number of carbonyl (C=O) groups is 6. The van der Waals surface area contributed by atoms with Crippen molar-refractivity contribution in [2.24, 2.45) is 0 Å². The molecular formula is C72H122N6O50. The van der Waals surface area contributed by atoms with Crippen LogP contribution in [0.5, 0.6) is 0 Å². The first-order valence-electron chi connectivity index (χ1n) is 40.9. The van der Waals surface area contributed by atoms with E-state index in [4.69, 9.17) is 85.3 Å². The molecule has 0 bridgehead atoms. The Balaban J connectivity index is 1.14. The SMILES string of the molecule is CC(=O)N[C@@H]1[C@H](O[C@@H]2[C@@H](O[C@@H]3[C@H](O)[C@H](O[C@H]4[C@H](O)[C@@H](NC(C)=O)[C@H](O[C@@H]([C@H](O)[C@H](CO)NC(C)=O)[C@H](O)CO[C@@H]5O[C@@H](C)[C@@H](O)[C@@H](O)[C@@H]5O)O[C@@H]4CO)O[C@H](CO[C@H]4O[C@H](CO[C@@H]5O[C@H](CO)[C@@H](O)[C@H](O)[C@H]5NC(C)=O)[C@@H](O)[C@H](O)[C@@H]4O[C@@H]4O[C@H](CO)[C@@H](O)[C@H](O)[C@H]4NC(C)=O)[C@H]3O)O[C@H](CO)[C@@H](O[C@@H]3O[C@H](CO)[C@@H](O)[C@H](O)[C@H]3NC(C)=O)[C@@H]2O)O[C@H](CO)[C@@H](O)[C@@H]1O. The van der Waals surface area contributed by atoms with E-state index in [1.807, 2.05) is 0 Å². The Kier molecular flexibility index (Phi) is 39.6. The maximum atomic E-state index is 13.4. The first-order valence-corrected chi connectivity index (χ1v) is 40.9. The fraction of sp³-hybridized carbons (Fsp3) is 0.917. The number of hydrogen-bond acceptors (Lipinski definition) is 50. The van der Waals surface area contributed by atoms with Crippen molar-refractivity contribution >= 4 is 35.4 Å². The summed E-state index contributed by atoms with van der Waals surface area (Å²) >= 11 is 0. The molecule has 49 atom stereocenters. The van der Waals surface area contributed by atoms with E-state index >= 15 is 0 Å². The minimum atomic E-state index is -2.72. The molecule has 56 heteroatoms. The van der Waals surface area contributed by atoms with E-state index in [1.54, 1.807) is 0 Å². The monoisotopic (exact) mass is 1870 g/mol. The Morgan fingerprint density at radius 1 is 0.289 bits per heavy atom. The predicted octanol–water partition coefficient (Wildman–Crippen LogP) is -21.3. The highest BCUT2D eigenvalue weighted by atomic mass is 16.8. The van der Waals surface area contributed by atoms with Crippen molar-refractivity contribution in [1.82, 2.24) is 31.9 Å². The predicted molar refractivity (Wildman–Crippen MR) is 400 cm³/mol. The van der Waals surface area contributed by atoms with Gasteiger partial charge in [-0.2, -0.15) is 0 Å². The van der Waals surface area contributed by atoms with E-state index in [-0.39, 0.29) is 0 Å². The van der Waals surface area contributed by atoms with Crippen LogP contribution in [-0.2, 0) is 114 Å². The van der Waals surface area contributed by atoms with Gasteiger partial charge in [0.25, 0.3) is 0 Å². The summed E-state index contributed by atoms with van der Waals surface area (Å²) in [7, 11) is 0. The molecule has 740 valence electrons. The zero-order valence-electron chi connectivity index (χ0n) is 69.8. The van der Waals surface area contributed by atoms with E-state index < -0.39 is 402 Å². The average Bonchev–Trinajstić information content (AvgIpc) is 0.756. The lowest BCUT2D eigenvalue weighted by Gasteiger charge is -2.51. The highest BCUT2D eigenvalue weighted by Crippen LogP contribution is 2.40. The van der Waals surface area contributed by atoms with Gasteiger partial charge in [0.05, 0.1) is 78.2 Å². The van der Waals surface area contributed by atoms with Gasteiger partial charge in [-0.1, -0.05) is 0 Å². The van der Waals surface area contributed by atoms with Crippen LogP contribution in [0.1, 0.15) is 48.5 Å². The molecule has 128 heavy (non-hydrogen) atoms. The van der Waals surface area contributed by atoms with Gasteiger partial charge in [0, 0.05) is 41.5 Å². The summed E-state index contributed by atoms with van der Waals surface area (Å²) in [6.45, 7) is -4.48. The smallest absolute Gasteiger partial charge is 0.217 e. The van der Waals surface area contributed by atoms with Gasteiger partial charge < -0.3 is 250 Å². The lowest BCUT2D eigenvalue weighted by molar-refractivity contribution is -0.402. The molecule has 6 amide bonds. The molecule has 32 N–H and O–H groups in total. The van der Waals surface area contributed by atoms with Gasteiger partial charge >= 0.3 is 0 Å². The summed E-state index contributed by atoms with van der Waals surface area (Å²) in [5.74, 6) is -5.55. The molecule has 0 spiro atoms. The Morgan fingerprint density at radius 2 is 0.625 bits per heavy atom. The van der Waals surface area contributed by atoms with Crippen LogP contribution in [0.3, 0.4) is 0 Å². The van der Waals surface area contributed by atoms with Crippen molar-refractivity contribution < 1.29 is 247 Å². The zero-order chi connectivity index (χ0) is 94.8. The third kappa shape index (κ3) is 25.0. The maximum absolute atomic E-state index is 13.4. The molecule has 0 unspecified atom stereocenters. The van der Waals surface area contributed by atoms with Gasteiger partial charge in [0.2, 0.25) is 35.4 Å². The molecule has 9 saturated heterocycles. The molecule has 56 nitrogen and oxygen atoms in total. The largest absolute Gasteiger partial charge is 0.394 e. The van der Waals surface area contributed by atoms with E-state index in [0.29, 0.717) is 0 Å². The maximum Gasteiger partial charge on any atom is 0.217 e. The molecular weight excluding hydrogens is 1750 g/mol. The van der Waals surface area contributed by atoms with Crippen LogP contribution >= 0.6 is 0 Å². The second-order valence-corrected chi connectivity index (χ2v) is 32.3. The van der Waals surface area contributed by atoms with Crippen LogP contribution in [0.15, 0.2) is 0 Å². The van der Waals surface area contributed by atoms with E-state index in [2.05, 4.69) is 31.9 Å². The summed E-state index contributed by atoms with van der Waals surface area (Å²) in [5, 5.41) is 308. The molecule has 9 aliphatic heterocycles. The number of hydrogen-bond donors (Lipinski definition) is 32. The second-order valence-electron chi connectivity index (χ2n) is 32.3. The van der Waals surface area contributed by atoms with Crippen LogP contribution in [0.4, 0.5) is 0 Å². The first kappa shape index (κ1) is 107. The molecule has 9 aliphatic rings. The summed E-state index contributed by atoms with van der Waals surface area (Å²) in [5.41, 5.74) is 0. The molecule has 9 rings (SSSR count). The molecule has 0 saturated carbocycles. The van der Waals surface area contributed by atoms with Crippen molar-refractivity contribution in [3.05, 3.63) is 0 Å². The van der Waals surface area contributed by atoms with Crippen molar-refractivity contribution in [2.45, 2.75) is 349 Å². The number of rotatable bonds is 37. The van der Waals surface area contributed by atoms with Gasteiger partial charge in [-0.15, -0.1) is 0 Å². The second kappa shape index (κ2) is 47.5. The van der Waals surface area contributed by atoms with E-state index in [0.717, 1.165) is 41.5 Å².